The molecule has 0 bridgehead atoms. The minimum atomic E-state index is -0.613. The van der Waals surface area contributed by atoms with E-state index >= 15 is 0 Å². The van der Waals surface area contributed by atoms with E-state index in [1.165, 1.54) is 21.5 Å². The van der Waals surface area contributed by atoms with Crippen molar-refractivity contribution in [3.8, 4) is 10.4 Å². The molecule has 2 aliphatic heterocycles. The third-order valence-corrected chi connectivity index (χ3v) is 9.99. The van der Waals surface area contributed by atoms with Crippen LogP contribution in [-0.4, -0.2) is 33.9 Å². The Labute approximate surface area is 233 Å². The van der Waals surface area contributed by atoms with Crippen LogP contribution in [-0.2, 0) is 14.3 Å². The second-order valence-electron chi connectivity index (χ2n) is 8.92. The third-order valence-electron chi connectivity index (χ3n) is 6.50. The number of esters is 1. The van der Waals surface area contributed by atoms with Crippen LogP contribution in [0, 0.1) is 0 Å². The number of nitrogens with zero attached hydrogens (tertiary/aromatic N) is 1. The first-order valence-corrected chi connectivity index (χ1v) is 14.9. The number of carbonyl (C=O) groups excluding carboxylic acids is 2. The summed E-state index contributed by atoms with van der Waals surface area (Å²) in [4.78, 5) is 31.2. The zero-order chi connectivity index (χ0) is 26.1. The van der Waals surface area contributed by atoms with E-state index in [9.17, 15) is 9.59 Å². The number of ether oxygens (including phenoxy) is 1. The van der Waals surface area contributed by atoms with E-state index < -0.39 is 18.1 Å². The van der Waals surface area contributed by atoms with Crippen molar-refractivity contribution in [2.45, 2.75) is 22.4 Å². The molecule has 1 saturated heterocycles. The van der Waals surface area contributed by atoms with Crippen molar-refractivity contribution >= 4 is 46.7 Å². The Hall–Kier alpha value is -3.30. The first-order chi connectivity index (χ1) is 18.6. The molecule has 190 valence electrons. The molecule has 38 heavy (non-hydrogen) atoms. The minimum Gasteiger partial charge on any atom is -0.448 e. The van der Waals surface area contributed by atoms with Crippen LogP contribution in [0.25, 0.3) is 10.4 Å². The van der Waals surface area contributed by atoms with Crippen molar-refractivity contribution in [3.63, 3.8) is 0 Å². The third kappa shape index (κ3) is 4.80. The molecule has 6 rings (SSSR count). The molecule has 3 aromatic carbocycles. The lowest BCUT2D eigenvalue weighted by atomic mass is 10.0. The molecule has 0 saturated carbocycles. The fourth-order valence-electron chi connectivity index (χ4n) is 4.58. The second kappa shape index (κ2) is 10.8. The molecule has 2 atom stereocenters. The number of amides is 1. The van der Waals surface area contributed by atoms with Gasteiger partial charge in [0, 0.05) is 20.4 Å². The molecule has 1 amide bonds. The van der Waals surface area contributed by atoms with Crippen LogP contribution < -0.4 is 5.73 Å². The smallest absolute Gasteiger partial charge is 0.356 e. The maximum absolute atomic E-state index is 13.9. The van der Waals surface area contributed by atoms with Gasteiger partial charge in [-0.3, -0.25) is 9.69 Å². The highest BCUT2D eigenvalue weighted by Crippen LogP contribution is 2.45. The molecule has 1 fully saturated rings. The summed E-state index contributed by atoms with van der Waals surface area (Å²) in [5, 5.41) is 1.80. The highest BCUT2D eigenvalue weighted by Gasteiger charge is 2.52. The summed E-state index contributed by atoms with van der Waals surface area (Å²) in [5.41, 5.74) is 9.25. The van der Waals surface area contributed by atoms with E-state index in [2.05, 4.69) is 23.6 Å². The average molecular weight is 557 g/mol. The van der Waals surface area contributed by atoms with Gasteiger partial charge < -0.3 is 10.5 Å². The molecule has 0 radical (unpaired) electrons. The van der Waals surface area contributed by atoms with E-state index in [0.29, 0.717) is 11.4 Å². The normalized spacial score (nSPS) is 18.8. The number of carbonyl (C=O) groups is 2. The van der Waals surface area contributed by atoms with E-state index in [1.54, 1.807) is 23.1 Å². The Kier molecular flexibility index (Phi) is 7.12. The zero-order valence-electron chi connectivity index (χ0n) is 20.2. The van der Waals surface area contributed by atoms with Gasteiger partial charge >= 0.3 is 5.97 Å². The summed E-state index contributed by atoms with van der Waals surface area (Å²) < 4.78 is 6.18. The van der Waals surface area contributed by atoms with Gasteiger partial charge in [-0.15, -0.1) is 23.1 Å². The molecule has 5 nitrogen and oxygen atoms in total. The van der Waals surface area contributed by atoms with E-state index in [-0.39, 0.29) is 11.3 Å². The predicted octanol–water partition coefficient (Wildman–Crippen LogP) is 6.29. The maximum atomic E-state index is 13.9. The molecular weight excluding hydrogens is 533 g/mol. The van der Waals surface area contributed by atoms with Crippen LogP contribution in [0.2, 0.25) is 0 Å². The van der Waals surface area contributed by atoms with Gasteiger partial charge in [0.1, 0.15) is 17.1 Å². The van der Waals surface area contributed by atoms with Crippen LogP contribution in [0.1, 0.15) is 17.2 Å². The van der Waals surface area contributed by atoms with Gasteiger partial charge in [0.05, 0.1) is 0 Å². The number of hydrogen-bond acceptors (Lipinski definition) is 7. The first-order valence-electron chi connectivity index (χ1n) is 12.2. The molecule has 2 N–H and O–H groups in total. The summed E-state index contributed by atoms with van der Waals surface area (Å²) in [7, 11) is 0. The van der Waals surface area contributed by atoms with E-state index in [1.807, 2.05) is 78.9 Å². The topological polar surface area (TPSA) is 72.6 Å². The summed E-state index contributed by atoms with van der Waals surface area (Å²) in [6.45, 7) is 0. The maximum Gasteiger partial charge on any atom is 0.356 e. The lowest BCUT2D eigenvalue weighted by Crippen LogP contribution is -2.68. The summed E-state index contributed by atoms with van der Waals surface area (Å²) in [6, 6.07) is 31.1. The average Bonchev–Trinajstić information content (AvgIpc) is 3.52. The van der Waals surface area contributed by atoms with Crippen molar-refractivity contribution in [1.82, 2.24) is 4.90 Å². The SMILES string of the molecule is N[C@@H]1C(=O)N2C(C(=O)OC(c3ccccc3)c3ccccc3)=C(Sc3ccc(-c4cccs4)cc3)CS[C@H]12. The van der Waals surface area contributed by atoms with Crippen LogP contribution in [0.4, 0.5) is 0 Å². The zero-order valence-corrected chi connectivity index (χ0v) is 22.7. The molecule has 4 aromatic rings. The minimum absolute atomic E-state index is 0.253. The quantitative estimate of drug-likeness (QED) is 0.213. The Bertz CT molecular complexity index is 1430. The van der Waals surface area contributed by atoms with Gasteiger partial charge in [-0.05, 0) is 40.3 Å². The number of fused-ring (bicyclic) bond motifs is 1. The van der Waals surface area contributed by atoms with Crippen molar-refractivity contribution in [2.24, 2.45) is 5.73 Å². The number of thioether (sulfide) groups is 2. The number of β-lactam (4-membered cyclic amide) rings is 1. The Morgan fingerprint density at radius 3 is 2.18 bits per heavy atom. The predicted molar refractivity (Wildman–Crippen MR) is 155 cm³/mol. The lowest BCUT2D eigenvalue weighted by Gasteiger charge is -2.48. The Morgan fingerprint density at radius 2 is 1.58 bits per heavy atom. The summed E-state index contributed by atoms with van der Waals surface area (Å²) in [5.74, 6) is -0.201. The molecular formula is C30H24N2O3S3. The summed E-state index contributed by atoms with van der Waals surface area (Å²) >= 11 is 4.77. The van der Waals surface area contributed by atoms with Crippen molar-refractivity contribution in [1.29, 1.82) is 0 Å². The first kappa shape index (κ1) is 25.0. The highest BCUT2D eigenvalue weighted by atomic mass is 32.2. The standard InChI is InChI=1S/C30H24N2O3S3/c31-25-28(33)32-26(30(34)35-27(20-8-3-1-4-9-20)21-10-5-2-6-11-21)24(18-37-29(25)32)38-22-15-13-19(14-16-22)23-12-7-17-36-23/h1-17,25,27,29H,18,31H2/t25-,29-/m1/s1. The number of rotatable bonds is 7. The van der Waals surface area contributed by atoms with Gasteiger partial charge in [-0.2, -0.15) is 0 Å². The largest absolute Gasteiger partial charge is 0.448 e. The van der Waals surface area contributed by atoms with Gasteiger partial charge in [-0.1, -0.05) is 90.6 Å². The molecule has 0 aliphatic carbocycles. The van der Waals surface area contributed by atoms with Crippen LogP contribution in [0.5, 0.6) is 0 Å². The van der Waals surface area contributed by atoms with Crippen LogP contribution in [0.15, 0.2) is 118 Å². The molecule has 2 aliphatic rings. The number of thiophene rings is 1. The second-order valence-corrected chi connectivity index (χ2v) is 12.1. The number of hydrogen-bond donors (Lipinski definition) is 1. The van der Waals surface area contributed by atoms with E-state index in [4.69, 9.17) is 10.5 Å². The fourth-order valence-corrected chi connectivity index (χ4v) is 7.72. The van der Waals surface area contributed by atoms with Gasteiger partial charge in [0.2, 0.25) is 5.91 Å². The van der Waals surface area contributed by atoms with Crippen molar-refractivity contribution in [3.05, 3.63) is 124 Å². The van der Waals surface area contributed by atoms with Gasteiger partial charge in [-0.25, -0.2) is 4.79 Å². The fraction of sp³-hybridized carbons (Fsp3) is 0.133. The molecule has 3 heterocycles. The van der Waals surface area contributed by atoms with Crippen LogP contribution in [0.3, 0.4) is 0 Å². The summed E-state index contributed by atoms with van der Waals surface area (Å²) in [6.07, 6.45) is -0.605. The molecule has 1 aromatic heterocycles. The van der Waals surface area contributed by atoms with Crippen molar-refractivity contribution < 1.29 is 14.3 Å². The van der Waals surface area contributed by atoms with Crippen LogP contribution >= 0.6 is 34.9 Å². The number of nitrogens with two attached hydrogens (primary N) is 1. The Morgan fingerprint density at radius 1 is 0.921 bits per heavy atom. The molecule has 0 spiro atoms. The van der Waals surface area contributed by atoms with Gasteiger partial charge in [0.25, 0.3) is 0 Å². The van der Waals surface area contributed by atoms with E-state index in [0.717, 1.165) is 26.5 Å². The lowest BCUT2D eigenvalue weighted by molar-refractivity contribution is -0.152. The highest BCUT2D eigenvalue weighted by molar-refractivity contribution is 8.06. The van der Waals surface area contributed by atoms with Gasteiger partial charge in [0.15, 0.2) is 6.10 Å². The Balaban J connectivity index is 1.33. The molecule has 0 unspecified atom stereocenters. The number of benzene rings is 3. The monoisotopic (exact) mass is 556 g/mol. The van der Waals surface area contributed by atoms with Crippen molar-refractivity contribution in [2.75, 3.05) is 5.75 Å². The molecule has 8 heteroatoms.